The van der Waals surface area contributed by atoms with E-state index < -0.39 is 17.9 Å². The molecule has 0 aliphatic heterocycles. The summed E-state index contributed by atoms with van der Waals surface area (Å²) in [5, 5.41) is 16.0. The van der Waals surface area contributed by atoms with E-state index in [4.69, 9.17) is 4.74 Å². The molecule has 0 aliphatic carbocycles. The van der Waals surface area contributed by atoms with Crippen molar-refractivity contribution in [3.63, 3.8) is 0 Å². The van der Waals surface area contributed by atoms with E-state index in [-0.39, 0.29) is 6.54 Å². The molecule has 0 spiro atoms. The van der Waals surface area contributed by atoms with Gasteiger partial charge in [0.15, 0.2) is 0 Å². The lowest BCUT2D eigenvalue weighted by atomic mass is 10.0. The van der Waals surface area contributed by atoms with Crippen molar-refractivity contribution >= 4 is 22.8 Å². The number of benzene rings is 2. The van der Waals surface area contributed by atoms with Gasteiger partial charge in [-0.05, 0) is 29.3 Å². The van der Waals surface area contributed by atoms with Crippen molar-refractivity contribution in [2.24, 2.45) is 0 Å². The smallest absolute Gasteiger partial charge is 0.328 e. The average molecular weight is 418 g/mol. The van der Waals surface area contributed by atoms with Gasteiger partial charge >= 0.3 is 5.97 Å². The minimum atomic E-state index is -0.837. The quantitative estimate of drug-likeness (QED) is 0.444. The number of aryl methyl sites for hydroxylation is 1. The molecule has 4 aromatic rings. The number of carbonyl (C=O) groups excluding carboxylic acids is 2. The molecule has 2 aromatic heterocycles. The predicted molar refractivity (Wildman–Crippen MR) is 114 cm³/mol. The van der Waals surface area contributed by atoms with Crippen LogP contribution in [-0.2, 0) is 27.3 Å². The first-order valence-electron chi connectivity index (χ1n) is 9.81. The monoisotopic (exact) mass is 418 g/mol. The highest BCUT2D eigenvalue weighted by Gasteiger charge is 2.24. The van der Waals surface area contributed by atoms with Gasteiger partial charge in [-0.1, -0.05) is 42.5 Å². The molecule has 4 rings (SSSR count). The molecule has 1 amide bonds. The summed E-state index contributed by atoms with van der Waals surface area (Å²) in [6, 6.07) is 14.6. The summed E-state index contributed by atoms with van der Waals surface area (Å²) in [5.41, 5.74) is 3.73. The zero-order valence-corrected chi connectivity index (χ0v) is 17.2. The molecule has 1 atom stereocenters. The SMILES string of the molecule is COC(=O)[C@H](Cc1c[nH]c2ccccc12)NC(=O)Cn1nnc(-c2ccccc2C)n1. The maximum atomic E-state index is 12.6. The molecule has 2 aromatic carbocycles. The van der Waals surface area contributed by atoms with E-state index in [1.54, 1.807) is 0 Å². The van der Waals surface area contributed by atoms with E-state index in [2.05, 4.69) is 25.7 Å². The Labute approximate surface area is 178 Å². The van der Waals surface area contributed by atoms with Gasteiger partial charge < -0.3 is 15.0 Å². The molecule has 9 nitrogen and oxygen atoms in total. The van der Waals surface area contributed by atoms with E-state index in [1.807, 2.05) is 61.7 Å². The molecule has 0 radical (unpaired) electrons. The van der Waals surface area contributed by atoms with E-state index >= 15 is 0 Å². The third-order valence-electron chi connectivity index (χ3n) is 5.04. The summed E-state index contributed by atoms with van der Waals surface area (Å²) in [6.07, 6.45) is 2.13. The third kappa shape index (κ3) is 4.45. The van der Waals surface area contributed by atoms with E-state index in [1.165, 1.54) is 11.9 Å². The van der Waals surface area contributed by atoms with E-state index in [0.29, 0.717) is 12.2 Å². The van der Waals surface area contributed by atoms with Gasteiger partial charge in [0.25, 0.3) is 0 Å². The van der Waals surface area contributed by atoms with Crippen molar-refractivity contribution in [1.82, 2.24) is 30.5 Å². The maximum absolute atomic E-state index is 12.6. The number of fused-ring (bicyclic) bond motifs is 1. The van der Waals surface area contributed by atoms with Crippen LogP contribution in [0.15, 0.2) is 54.7 Å². The molecule has 0 fully saturated rings. The largest absolute Gasteiger partial charge is 0.467 e. The lowest BCUT2D eigenvalue weighted by Gasteiger charge is -2.16. The summed E-state index contributed by atoms with van der Waals surface area (Å²) < 4.78 is 4.89. The number of hydrogen-bond donors (Lipinski definition) is 2. The topological polar surface area (TPSA) is 115 Å². The zero-order chi connectivity index (χ0) is 21.8. The fraction of sp³-hybridized carbons (Fsp3) is 0.227. The zero-order valence-electron chi connectivity index (χ0n) is 17.2. The number of methoxy groups -OCH3 is 1. The molecule has 0 saturated carbocycles. The average Bonchev–Trinajstić information content (AvgIpc) is 3.40. The van der Waals surface area contributed by atoms with Crippen LogP contribution in [0.25, 0.3) is 22.3 Å². The number of H-pyrrole nitrogens is 1. The van der Waals surface area contributed by atoms with Crippen molar-refractivity contribution in [2.75, 3.05) is 7.11 Å². The van der Waals surface area contributed by atoms with Gasteiger partial charge in [-0.25, -0.2) is 4.79 Å². The van der Waals surface area contributed by atoms with Crippen LogP contribution >= 0.6 is 0 Å². The second kappa shape index (κ2) is 8.78. The number of aromatic amines is 1. The molecule has 0 bridgehead atoms. The van der Waals surface area contributed by atoms with Gasteiger partial charge in [-0.2, -0.15) is 4.80 Å². The Morgan fingerprint density at radius 2 is 1.94 bits per heavy atom. The minimum absolute atomic E-state index is 0.166. The second-order valence-corrected chi connectivity index (χ2v) is 7.17. The molecular formula is C22H22N6O3. The number of nitrogens with zero attached hydrogens (tertiary/aromatic N) is 4. The van der Waals surface area contributed by atoms with Crippen molar-refractivity contribution in [3.8, 4) is 11.4 Å². The predicted octanol–water partition coefficient (Wildman–Crippen LogP) is 2.03. The second-order valence-electron chi connectivity index (χ2n) is 7.17. The van der Waals surface area contributed by atoms with Crippen molar-refractivity contribution < 1.29 is 14.3 Å². The van der Waals surface area contributed by atoms with Gasteiger partial charge in [0.1, 0.15) is 12.6 Å². The Kier molecular flexibility index (Phi) is 5.74. The maximum Gasteiger partial charge on any atom is 0.328 e. The van der Waals surface area contributed by atoms with Gasteiger partial charge in [0.05, 0.1) is 7.11 Å². The Morgan fingerprint density at radius 1 is 1.16 bits per heavy atom. The molecule has 0 aliphatic rings. The molecule has 31 heavy (non-hydrogen) atoms. The van der Waals surface area contributed by atoms with Crippen LogP contribution in [0.1, 0.15) is 11.1 Å². The number of carbonyl (C=O) groups is 2. The number of ether oxygens (including phenoxy) is 1. The summed E-state index contributed by atoms with van der Waals surface area (Å²) in [6.45, 7) is 1.79. The molecule has 2 heterocycles. The highest BCUT2D eigenvalue weighted by atomic mass is 16.5. The first-order valence-corrected chi connectivity index (χ1v) is 9.81. The van der Waals surface area contributed by atoms with Crippen LogP contribution in [0.2, 0.25) is 0 Å². The minimum Gasteiger partial charge on any atom is -0.467 e. The molecule has 2 N–H and O–H groups in total. The van der Waals surface area contributed by atoms with Crippen molar-refractivity contribution in [3.05, 3.63) is 65.9 Å². The van der Waals surface area contributed by atoms with Crippen LogP contribution in [0, 0.1) is 6.92 Å². The van der Waals surface area contributed by atoms with Crippen LogP contribution < -0.4 is 5.32 Å². The highest BCUT2D eigenvalue weighted by molar-refractivity contribution is 5.87. The van der Waals surface area contributed by atoms with Crippen LogP contribution in [-0.4, -0.2) is 50.2 Å². The molecular weight excluding hydrogens is 396 g/mol. The van der Waals surface area contributed by atoms with Crippen LogP contribution in [0.5, 0.6) is 0 Å². The standard InChI is InChI=1S/C22H22N6O3/c1-14-7-3-4-8-16(14)21-25-27-28(26-21)13-20(29)24-19(22(30)31-2)11-15-12-23-18-10-6-5-9-17(15)18/h3-10,12,19,23H,11,13H2,1-2H3,(H,24,29)/t19-/m0/s1. The lowest BCUT2D eigenvalue weighted by molar-refractivity contribution is -0.145. The summed E-state index contributed by atoms with van der Waals surface area (Å²) >= 11 is 0. The third-order valence-corrected chi connectivity index (χ3v) is 5.04. The Balaban J connectivity index is 1.46. The first kappa shape index (κ1) is 20.3. The molecule has 0 unspecified atom stereocenters. The van der Waals surface area contributed by atoms with Crippen molar-refractivity contribution in [1.29, 1.82) is 0 Å². The number of nitrogens with one attached hydrogen (secondary N) is 2. The number of esters is 1. The normalized spacial score (nSPS) is 11.9. The Morgan fingerprint density at radius 3 is 2.74 bits per heavy atom. The summed E-state index contributed by atoms with van der Waals surface area (Å²) in [4.78, 5) is 29.3. The van der Waals surface area contributed by atoms with Gasteiger partial charge in [0, 0.05) is 29.1 Å². The number of para-hydroxylation sites is 1. The van der Waals surface area contributed by atoms with Gasteiger partial charge in [0.2, 0.25) is 11.7 Å². The molecule has 0 saturated heterocycles. The van der Waals surface area contributed by atoms with E-state index in [0.717, 1.165) is 27.6 Å². The van der Waals surface area contributed by atoms with Crippen molar-refractivity contribution in [2.45, 2.75) is 25.9 Å². The van der Waals surface area contributed by atoms with Gasteiger partial charge in [-0.15, -0.1) is 10.2 Å². The Hall–Kier alpha value is -4.01. The summed E-state index contributed by atoms with van der Waals surface area (Å²) in [7, 11) is 1.30. The highest BCUT2D eigenvalue weighted by Crippen LogP contribution is 2.20. The van der Waals surface area contributed by atoms with E-state index in [9.17, 15) is 9.59 Å². The molecule has 158 valence electrons. The molecule has 9 heteroatoms. The number of hydrogen-bond acceptors (Lipinski definition) is 6. The number of amides is 1. The van der Waals surface area contributed by atoms with Crippen LogP contribution in [0.4, 0.5) is 0 Å². The fourth-order valence-electron chi connectivity index (χ4n) is 3.47. The number of aromatic nitrogens is 5. The number of tetrazole rings is 1. The summed E-state index contributed by atoms with van der Waals surface area (Å²) in [5.74, 6) is -0.496. The van der Waals surface area contributed by atoms with Crippen LogP contribution in [0.3, 0.4) is 0 Å². The number of rotatable bonds is 7. The lowest BCUT2D eigenvalue weighted by Crippen LogP contribution is -2.44. The fourth-order valence-corrected chi connectivity index (χ4v) is 3.47. The van der Waals surface area contributed by atoms with Gasteiger partial charge in [-0.3, -0.25) is 4.79 Å². The first-order chi connectivity index (χ1) is 15.0. The Bertz CT molecular complexity index is 1230.